The van der Waals surface area contributed by atoms with Crippen LogP contribution in [-0.2, 0) is 11.3 Å². The molecule has 3 rings (SSSR count). The van der Waals surface area contributed by atoms with Gasteiger partial charge in [0.25, 0.3) is 5.91 Å². The number of ether oxygens (including phenoxy) is 2. The summed E-state index contributed by atoms with van der Waals surface area (Å²) in [5.41, 5.74) is 5.98. The summed E-state index contributed by atoms with van der Waals surface area (Å²) in [6.07, 6.45) is 0. The minimum absolute atomic E-state index is 0.104. The lowest BCUT2D eigenvalue weighted by Gasteiger charge is -2.15. The molecular formula is C26H29ClN2O3. The van der Waals surface area contributed by atoms with E-state index in [1.165, 1.54) is 0 Å². The monoisotopic (exact) mass is 452 g/mol. The van der Waals surface area contributed by atoms with Crippen LogP contribution in [0.15, 0.2) is 54.6 Å². The van der Waals surface area contributed by atoms with Crippen molar-refractivity contribution in [2.75, 3.05) is 23.8 Å². The van der Waals surface area contributed by atoms with Crippen molar-refractivity contribution in [2.45, 2.75) is 34.2 Å². The number of carbonyl (C=O) groups is 1. The molecule has 1 amide bonds. The van der Waals surface area contributed by atoms with Crippen LogP contribution in [0.25, 0.3) is 0 Å². The summed E-state index contributed by atoms with van der Waals surface area (Å²) in [5, 5.41) is 7.04. The predicted octanol–water partition coefficient (Wildman–Crippen LogP) is 6.29. The first kappa shape index (κ1) is 23.5. The standard InChI is InChI=1S/C26H29ClN2O3/c1-5-31-25-14-20(15-28-22-10-7-9-21(27)19(22)4)12-13-24(25)32-16-26(30)29-23-11-6-8-17(2)18(23)3/h6-14,28H,5,15-16H2,1-4H3,(H,29,30). The average molecular weight is 453 g/mol. The van der Waals surface area contributed by atoms with Gasteiger partial charge >= 0.3 is 0 Å². The van der Waals surface area contributed by atoms with Crippen LogP contribution < -0.4 is 20.1 Å². The highest BCUT2D eigenvalue weighted by Crippen LogP contribution is 2.30. The van der Waals surface area contributed by atoms with Crippen LogP contribution in [-0.4, -0.2) is 19.1 Å². The van der Waals surface area contributed by atoms with E-state index in [2.05, 4.69) is 10.6 Å². The molecular weight excluding hydrogens is 424 g/mol. The fourth-order valence-corrected chi connectivity index (χ4v) is 3.44. The van der Waals surface area contributed by atoms with Gasteiger partial charge in [-0.1, -0.05) is 35.9 Å². The second kappa shape index (κ2) is 10.9. The molecule has 0 atom stereocenters. The van der Waals surface area contributed by atoms with Crippen molar-refractivity contribution in [3.05, 3.63) is 81.9 Å². The summed E-state index contributed by atoms with van der Waals surface area (Å²) in [6.45, 7) is 8.89. The first-order valence-corrected chi connectivity index (χ1v) is 11.0. The van der Waals surface area contributed by atoms with Crippen LogP contribution in [0.1, 0.15) is 29.2 Å². The second-order valence-electron chi connectivity index (χ2n) is 7.56. The number of carbonyl (C=O) groups excluding carboxylic acids is 1. The van der Waals surface area contributed by atoms with Crippen LogP contribution in [0.4, 0.5) is 11.4 Å². The van der Waals surface area contributed by atoms with Gasteiger partial charge in [-0.15, -0.1) is 0 Å². The van der Waals surface area contributed by atoms with E-state index < -0.39 is 0 Å². The maximum atomic E-state index is 12.4. The molecule has 0 heterocycles. The molecule has 0 aliphatic carbocycles. The third-order valence-corrected chi connectivity index (χ3v) is 5.71. The Kier molecular flexibility index (Phi) is 8.01. The van der Waals surface area contributed by atoms with E-state index in [1.54, 1.807) is 0 Å². The van der Waals surface area contributed by atoms with Crippen LogP contribution >= 0.6 is 11.6 Å². The molecule has 3 aromatic rings. The summed E-state index contributed by atoms with van der Waals surface area (Å²) in [5.74, 6) is 0.920. The van der Waals surface area contributed by atoms with Gasteiger partial charge in [-0.05, 0) is 80.3 Å². The van der Waals surface area contributed by atoms with E-state index in [4.69, 9.17) is 21.1 Å². The van der Waals surface area contributed by atoms with Gasteiger partial charge in [-0.2, -0.15) is 0 Å². The lowest BCUT2D eigenvalue weighted by atomic mass is 10.1. The molecule has 32 heavy (non-hydrogen) atoms. The molecule has 0 fully saturated rings. The number of anilines is 2. The molecule has 3 aromatic carbocycles. The van der Waals surface area contributed by atoms with Crippen LogP contribution in [0.3, 0.4) is 0 Å². The molecule has 0 radical (unpaired) electrons. The summed E-state index contributed by atoms with van der Waals surface area (Å²) in [7, 11) is 0. The largest absolute Gasteiger partial charge is 0.490 e. The highest BCUT2D eigenvalue weighted by atomic mass is 35.5. The van der Waals surface area contributed by atoms with Crippen molar-refractivity contribution in [3.63, 3.8) is 0 Å². The topological polar surface area (TPSA) is 59.6 Å². The van der Waals surface area contributed by atoms with Crippen LogP contribution in [0.2, 0.25) is 5.02 Å². The third kappa shape index (κ3) is 5.95. The van der Waals surface area contributed by atoms with Gasteiger partial charge in [0.05, 0.1) is 6.61 Å². The molecule has 168 valence electrons. The van der Waals surface area contributed by atoms with E-state index in [9.17, 15) is 4.79 Å². The smallest absolute Gasteiger partial charge is 0.262 e. The van der Waals surface area contributed by atoms with E-state index in [0.717, 1.165) is 38.7 Å². The number of nitrogens with one attached hydrogen (secondary N) is 2. The zero-order valence-electron chi connectivity index (χ0n) is 18.9. The first-order chi connectivity index (χ1) is 15.4. The maximum Gasteiger partial charge on any atom is 0.262 e. The van der Waals surface area contributed by atoms with Crippen LogP contribution in [0.5, 0.6) is 11.5 Å². The number of benzene rings is 3. The molecule has 0 bridgehead atoms. The van der Waals surface area contributed by atoms with Gasteiger partial charge in [0, 0.05) is 22.9 Å². The Morgan fingerprint density at radius 1 is 0.906 bits per heavy atom. The van der Waals surface area contributed by atoms with Crippen molar-refractivity contribution in [3.8, 4) is 11.5 Å². The lowest BCUT2D eigenvalue weighted by Crippen LogP contribution is -2.21. The van der Waals surface area contributed by atoms with Gasteiger partial charge in [0.2, 0.25) is 0 Å². The van der Waals surface area contributed by atoms with E-state index in [-0.39, 0.29) is 12.5 Å². The molecule has 5 nitrogen and oxygen atoms in total. The molecule has 0 aliphatic heterocycles. The minimum Gasteiger partial charge on any atom is -0.490 e. The summed E-state index contributed by atoms with van der Waals surface area (Å²) in [6, 6.07) is 17.3. The van der Waals surface area contributed by atoms with Gasteiger partial charge in [0.1, 0.15) is 0 Å². The highest BCUT2D eigenvalue weighted by Gasteiger charge is 2.11. The van der Waals surface area contributed by atoms with Crippen molar-refractivity contribution >= 4 is 28.9 Å². The van der Waals surface area contributed by atoms with Gasteiger partial charge in [-0.3, -0.25) is 4.79 Å². The Morgan fingerprint density at radius 3 is 2.44 bits per heavy atom. The highest BCUT2D eigenvalue weighted by molar-refractivity contribution is 6.31. The SMILES string of the molecule is CCOc1cc(CNc2cccc(Cl)c2C)ccc1OCC(=O)Nc1cccc(C)c1C. The Balaban J connectivity index is 1.64. The molecule has 0 unspecified atom stereocenters. The van der Waals surface area contributed by atoms with Crippen molar-refractivity contribution < 1.29 is 14.3 Å². The molecule has 0 saturated heterocycles. The molecule has 0 saturated carbocycles. The van der Waals surface area contributed by atoms with E-state index in [0.29, 0.717) is 24.7 Å². The minimum atomic E-state index is -0.219. The quantitative estimate of drug-likeness (QED) is 0.400. The van der Waals surface area contributed by atoms with Crippen molar-refractivity contribution in [1.82, 2.24) is 0 Å². The fraction of sp³-hybridized carbons (Fsp3) is 0.269. The molecule has 0 spiro atoms. The normalized spacial score (nSPS) is 10.5. The molecule has 0 aromatic heterocycles. The summed E-state index contributed by atoms with van der Waals surface area (Å²) >= 11 is 6.20. The van der Waals surface area contributed by atoms with Crippen molar-refractivity contribution in [2.24, 2.45) is 0 Å². The Labute approximate surface area is 194 Å². The molecule has 6 heteroatoms. The lowest BCUT2D eigenvalue weighted by molar-refractivity contribution is -0.118. The van der Waals surface area contributed by atoms with Gasteiger partial charge < -0.3 is 20.1 Å². The second-order valence-corrected chi connectivity index (χ2v) is 7.97. The summed E-state index contributed by atoms with van der Waals surface area (Å²) in [4.78, 5) is 12.4. The Hall–Kier alpha value is -3.18. The molecule has 0 aliphatic rings. The maximum absolute atomic E-state index is 12.4. The van der Waals surface area contributed by atoms with Crippen LogP contribution in [0, 0.1) is 20.8 Å². The summed E-state index contributed by atoms with van der Waals surface area (Å²) < 4.78 is 11.5. The zero-order chi connectivity index (χ0) is 23.1. The number of hydrogen-bond donors (Lipinski definition) is 2. The Morgan fingerprint density at radius 2 is 1.66 bits per heavy atom. The number of aryl methyl sites for hydroxylation is 1. The van der Waals surface area contributed by atoms with Gasteiger partial charge in [-0.25, -0.2) is 0 Å². The first-order valence-electron chi connectivity index (χ1n) is 10.6. The molecule has 2 N–H and O–H groups in total. The van der Waals surface area contributed by atoms with E-state index >= 15 is 0 Å². The predicted molar refractivity (Wildman–Crippen MR) is 131 cm³/mol. The third-order valence-electron chi connectivity index (χ3n) is 5.30. The van der Waals surface area contributed by atoms with Crippen molar-refractivity contribution in [1.29, 1.82) is 0 Å². The van der Waals surface area contributed by atoms with Gasteiger partial charge in [0.15, 0.2) is 18.1 Å². The zero-order valence-corrected chi connectivity index (χ0v) is 19.7. The number of rotatable bonds is 9. The average Bonchev–Trinajstić information content (AvgIpc) is 2.77. The Bertz CT molecular complexity index is 1100. The number of hydrogen-bond acceptors (Lipinski definition) is 4. The van der Waals surface area contributed by atoms with E-state index in [1.807, 2.05) is 82.3 Å². The fourth-order valence-electron chi connectivity index (χ4n) is 3.26. The number of halogens is 1. The number of amides is 1.